The third-order valence-electron chi connectivity index (χ3n) is 2.06. The molecule has 70 valence electrons. The van der Waals surface area contributed by atoms with E-state index in [-0.39, 0.29) is 5.97 Å². The van der Waals surface area contributed by atoms with Gasteiger partial charge in [-0.1, -0.05) is 0 Å². The van der Waals surface area contributed by atoms with Crippen LogP contribution in [0.2, 0.25) is 0 Å². The van der Waals surface area contributed by atoms with E-state index < -0.39 is 0 Å². The minimum Gasteiger partial charge on any atom is -0.461 e. The van der Waals surface area contributed by atoms with Crippen molar-refractivity contribution in [2.24, 2.45) is 0 Å². The fourth-order valence-corrected chi connectivity index (χ4v) is 1.44. The zero-order valence-electron chi connectivity index (χ0n) is 7.42. The Hall–Kier alpha value is -1.29. The molecule has 0 saturated carbocycles. The molecule has 0 saturated heterocycles. The van der Waals surface area contributed by atoms with Crippen LogP contribution in [0.5, 0.6) is 0 Å². The number of hydrogen-bond donors (Lipinski definition) is 1. The maximum Gasteiger partial charge on any atom is 0.355 e. The normalized spacial score (nSPS) is 14.2. The average Bonchev–Trinajstić information content (AvgIpc) is 2.62. The van der Waals surface area contributed by atoms with Crippen molar-refractivity contribution in [3.8, 4) is 0 Å². The first-order valence-electron chi connectivity index (χ1n) is 4.27. The van der Waals surface area contributed by atoms with Crippen LogP contribution in [0.25, 0.3) is 0 Å². The number of carbonyl (C=O) groups is 1. The van der Waals surface area contributed by atoms with Crippen LogP contribution in [0.15, 0.2) is 6.20 Å². The first kappa shape index (κ1) is 8.31. The maximum atomic E-state index is 11.4. The molecule has 0 aliphatic carbocycles. The number of aromatic nitrogens is 1. The molecule has 1 N–H and O–H groups in total. The van der Waals surface area contributed by atoms with Crippen molar-refractivity contribution in [3.05, 3.63) is 23.0 Å². The van der Waals surface area contributed by atoms with Crippen LogP contribution in [0.1, 0.15) is 28.5 Å². The van der Waals surface area contributed by atoms with Gasteiger partial charge in [-0.05, 0) is 6.92 Å². The van der Waals surface area contributed by atoms with Gasteiger partial charge in [-0.25, -0.2) is 4.79 Å². The van der Waals surface area contributed by atoms with Gasteiger partial charge in [0.2, 0.25) is 0 Å². The van der Waals surface area contributed by atoms with E-state index in [0.717, 1.165) is 11.1 Å². The van der Waals surface area contributed by atoms with Crippen molar-refractivity contribution in [3.63, 3.8) is 0 Å². The fraction of sp³-hybridized carbons (Fsp3) is 0.444. The van der Waals surface area contributed by atoms with Crippen molar-refractivity contribution in [2.45, 2.75) is 20.1 Å². The predicted molar refractivity (Wildman–Crippen MR) is 45.2 cm³/mol. The van der Waals surface area contributed by atoms with E-state index in [9.17, 15) is 4.79 Å². The van der Waals surface area contributed by atoms with Crippen molar-refractivity contribution in [1.82, 2.24) is 4.98 Å². The van der Waals surface area contributed by atoms with Crippen LogP contribution < -0.4 is 0 Å². The second-order valence-corrected chi connectivity index (χ2v) is 2.88. The molecular weight excluding hydrogens is 170 g/mol. The highest BCUT2D eigenvalue weighted by atomic mass is 16.5. The van der Waals surface area contributed by atoms with Gasteiger partial charge in [-0.2, -0.15) is 0 Å². The van der Waals surface area contributed by atoms with Crippen LogP contribution in [0.3, 0.4) is 0 Å². The number of H-pyrrole nitrogens is 1. The number of ether oxygens (including phenoxy) is 2. The molecule has 0 bridgehead atoms. The lowest BCUT2D eigenvalue weighted by Crippen LogP contribution is -2.07. The molecule has 13 heavy (non-hydrogen) atoms. The molecular formula is C9H11NO3. The van der Waals surface area contributed by atoms with Gasteiger partial charge in [0.05, 0.1) is 19.8 Å². The minimum absolute atomic E-state index is 0.297. The van der Waals surface area contributed by atoms with Gasteiger partial charge in [-0.15, -0.1) is 0 Å². The molecule has 1 aliphatic rings. The monoisotopic (exact) mass is 181 g/mol. The summed E-state index contributed by atoms with van der Waals surface area (Å²) in [5.74, 6) is -0.297. The highest BCUT2D eigenvalue weighted by Gasteiger charge is 2.22. The van der Waals surface area contributed by atoms with Gasteiger partial charge >= 0.3 is 5.97 Å². The molecule has 4 nitrogen and oxygen atoms in total. The third-order valence-corrected chi connectivity index (χ3v) is 2.06. The molecule has 1 aliphatic heterocycles. The molecule has 2 rings (SSSR count). The molecule has 2 heterocycles. The molecule has 1 aromatic heterocycles. The van der Waals surface area contributed by atoms with Gasteiger partial charge in [-0.3, -0.25) is 0 Å². The second-order valence-electron chi connectivity index (χ2n) is 2.88. The fourth-order valence-electron chi connectivity index (χ4n) is 1.44. The Balaban J connectivity index is 2.26. The quantitative estimate of drug-likeness (QED) is 0.698. The van der Waals surface area contributed by atoms with E-state index in [1.54, 1.807) is 13.1 Å². The third kappa shape index (κ3) is 1.33. The van der Waals surface area contributed by atoms with Crippen LogP contribution in [-0.2, 0) is 22.7 Å². The smallest absolute Gasteiger partial charge is 0.355 e. The topological polar surface area (TPSA) is 51.3 Å². The van der Waals surface area contributed by atoms with Gasteiger partial charge in [0.1, 0.15) is 5.69 Å². The van der Waals surface area contributed by atoms with Gasteiger partial charge < -0.3 is 14.5 Å². The Labute approximate surface area is 75.8 Å². The SMILES string of the molecule is CCOC(=O)c1[nH]cc2c1COC2. The van der Waals surface area contributed by atoms with Crippen molar-refractivity contribution in [2.75, 3.05) is 6.61 Å². The summed E-state index contributed by atoms with van der Waals surface area (Å²) < 4.78 is 10.1. The second kappa shape index (κ2) is 3.22. The van der Waals surface area contributed by atoms with E-state index in [2.05, 4.69) is 4.98 Å². The molecule has 0 aromatic carbocycles. The summed E-state index contributed by atoms with van der Waals surface area (Å²) in [5.41, 5.74) is 2.54. The van der Waals surface area contributed by atoms with Crippen molar-refractivity contribution in [1.29, 1.82) is 0 Å². The molecule has 0 radical (unpaired) electrons. The predicted octanol–water partition coefficient (Wildman–Crippen LogP) is 1.22. The lowest BCUT2D eigenvalue weighted by molar-refractivity contribution is 0.0515. The molecule has 0 unspecified atom stereocenters. The van der Waals surface area contributed by atoms with Crippen LogP contribution in [0.4, 0.5) is 0 Å². The van der Waals surface area contributed by atoms with Crippen LogP contribution >= 0.6 is 0 Å². The van der Waals surface area contributed by atoms with E-state index in [4.69, 9.17) is 9.47 Å². The maximum absolute atomic E-state index is 11.4. The first-order chi connectivity index (χ1) is 6.33. The molecule has 0 spiro atoms. The van der Waals surface area contributed by atoms with E-state index in [1.165, 1.54) is 0 Å². The van der Waals surface area contributed by atoms with Gasteiger partial charge in [0, 0.05) is 17.3 Å². The Morgan fingerprint density at radius 2 is 2.54 bits per heavy atom. The minimum atomic E-state index is -0.297. The summed E-state index contributed by atoms with van der Waals surface area (Å²) >= 11 is 0. The lowest BCUT2D eigenvalue weighted by Gasteiger charge is -2.00. The summed E-state index contributed by atoms with van der Waals surface area (Å²) in [6.07, 6.45) is 1.80. The summed E-state index contributed by atoms with van der Waals surface area (Å²) in [7, 11) is 0. The van der Waals surface area contributed by atoms with Crippen molar-refractivity contribution >= 4 is 5.97 Å². The molecule has 1 aromatic rings. The summed E-state index contributed by atoms with van der Waals surface area (Å²) in [5, 5.41) is 0. The number of hydrogen-bond acceptors (Lipinski definition) is 3. The molecule has 0 fully saturated rings. The highest BCUT2D eigenvalue weighted by molar-refractivity contribution is 5.89. The Bertz CT molecular complexity index is 330. The number of rotatable bonds is 2. The number of aromatic amines is 1. The standard InChI is InChI=1S/C9H11NO3/c1-2-13-9(11)8-7-5-12-4-6(7)3-10-8/h3,10H,2,4-5H2,1H3. The number of fused-ring (bicyclic) bond motifs is 1. The van der Waals surface area contributed by atoms with Crippen LogP contribution in [0, 0.1) is 0 Å². The zero-order valence-corrected chi connectivity index (χ0v) is 7.42. The lowest BCUT2D eigenvalue weighted by atomic mass is 10.2. The highest BCUT2D eigenvalue weighted by Crippen LogP contribution is 2.23. The number of esters is 1. The molecule has 0 amide bonds. The summed E-state index contributed by atoms with van der Waals surface area (Å²) in [4.78, 5) is 14.3. The van der Waals surface area contributed by atoms with Crippen LogP contribution in [-0.4, -0.2) is 17.6 Å². The average molecular weight is 181 g/mol. The summed E-state index contributed by atoms with van der Waals surface area (Å²) in [6, 6.07) is 0. The van der Waals surface area contributed by atoms with E-state index in [0.29, 0.717) is 25.5 Å². The van der Waals surface area contributed by atoms with E-state index >= 15 is 0 Å². The largest absolute Gasteiger partial charge is 0.461 e. The Kier molecular flexibility index (Phi) is 2.06. The van der Waals surface area contributed by atoms with Gasteiger partial charge in [0.25, 0.3) is 0 Å². The summed E-state index contributed by atoms with van der Waals surface area (Å²) in [6.45, 7) is 3.28. The van der Waals surface area contributed by atoms with Crippen molar-refractivity contribution < 1.29 is 14.3 Å². The number of nitrogens with one attached hydrogen (secondary N) is 1. The van der Waals surface area contributed by atoms with E-state index in [1.807, 2.05) is 0 Å². The Morgan fingerprint density at radius 1 is 1.69 bits per heavy atom. The molecule has 4 heteroatoms. The Morgan fingerprint density at radius 3 is 3.31 bits per heavy atom. The zero-order chi connectivity index (χ0) is 9.26. The number of carbonyl (C=O) groups excluding carboxylic acids is 1. The molecule has 0 atom stereocenters. The van der Waals surface area contributed by atoms with Gasteiger partial charge in [0.15, 0.2) is 0 Å². The first-order valence-corrected chi connectivity index (χ1v) is 4.27.